The van der Waals surface area contributed by atoms with Crippen molar-refractivity contribution in [3.05, 3.63) is 46.0 Å². The van der Waals surface area contributed by atoms with Crippen LogP contribution < -0.4 is 10.7 Å². The van der Waals surface area contributed by atoms with Gasteiger partial charge in [-0.1, -0.05) is 0 Å². The van der Waals surface area contributed by atoms with Crippen LogP contribution in [0.25, 0.3) is 10.9 Å². The Hall–Kier alpha value is -2.22. The lowest BCUT2D eigenvalue weighted by molar-refractivity contribution is 0.0940. The number of hydrogen-bond donors (Lipinski definition) is 2. The molecule has 116 valence electrons. The van der Waals surface area contributed by atoms with E-state index in [2.05, 4.69) is 10.3 Å². The lowest BCUT2D eigenvalue weighted by Gasteiger charge is -2.10. The number of amides is 1. The summed E-state index contributed by atoms with van der Waals surface area (Å²) < 4.78 is 36.0. The van der Waals surface area contributed by atoms with Crippen molar-refractivity contribution in [3.63, 3.8) is 0 Å². The van der Waals surface area contributed by atoms with Crippen LogP contribution >= 0.6 is 0 Å². The zero-order valence-corrected chi connectivity index (χ0v) is 12.2. The minimum atomic E-state index is -3.12. The molecule has 0 radical (unpaired) electrons. The molecule has 0 unspecified atom stereocenters. The van der Waals surface area contributed by atoms with Crippen molar-refractivity contribution in [3.8, 4) is 0 Å². The SMILES string of the molecule is O=C(N[C@H]1CCS(=O)(=O)C1)c1c[nH]c2ccc(F)cc2c1=O. The van der Waals surface area contributed by atoms with Crippen LogP contribution in [0.5, 0.6) is 0 Å². The lowest BCUT2D eigenvalue weighted by Crippen LogP contribution is -2.38. The molecule has 3 rings (SSSR count). The average molecular weight is 324 g/mol. The van der Waals surface area contributed by atoms with E-state index in [1.54, 1.807) is 0 Å². The largest absolute Gasteiger partial charge is 0.360 e. The summed E-state index contributed by atoms with van der Waals surface area (Å²) >= 11 is 0. The van der Waals surface area contributed by atoms with Crippen molar-refractivity contribution in [1.82, 2.24) is 10.3 Å². The van der Waals surface area contributed by atoms with Gasteiger partial charge < -0.3 is 10.3 Å². The summed E-state index contributed by atoms with van der Waals surface area (Å²) in [6.45, 7) is 0. The molecular formula is C14H13FN2O4S. The Balaban J connectivity index is 1.91. The van der Waals surface area contributed by atoms with Crippen molar-refractivity contribution in [1.29, 1.82) is 0 Å². The number of aromatic nitrogens is 1. The van der Waals surface area contributed by atoms with Crippen LogP contribution in [-0.4, -0.2) is 36.9 Å². The molecule has 1 aliphatic heterocycles. The van der Waals surface area contributed by atoms with Crippen molar-refractivity contribution in [2.24, 2.45) is 0 Å². The molecule has 1 aromatic heterocycles. The van der Waals surface area contributed by atoms with Crippen LogP contribution in [0.2, 0.25) is 0 Å². The standard InChI is InChI=1S/C14H13FN2O4S/c15-8-1-2-12-10(5-8)13(18)11(6-16-12)14(19)17-9-3-4-22(20,21)7-9/h1-2,5-6,9H,3-4,7H2,(H,16,18)(H,17,19)/t9-/m0/s1. The van der Waals surface area contributed by atoms with Crippen molar-refractivity contribution >= 4 is 26.6 Å². The molecule has 1 fully saturated rings. The highest BCUT2D eigenvalue weighted by Gasteiger charge is 2.29. The van der Waals surface area contributed by atoms with Crippen LogP contribution in [0.3, 0.4) is 0 Å². The zero-order valence-electron chi connectivity index (χ0n) is 11.4. The predicted octanol–water partition coefficient (Wildman–Crippen LogP) is 0.584. The summed E-state index contributed by atoms with van der Waals surface area (Å²) in [4.78, 5) is 27.2. The molecule has 1 saturated heterocycles. The summed E-state index contributed by atoms with van der Waals surface area (Å²) in [6, 6.07) is 3.18. The summed E-state index contributed by atoms with van der Waals surface area (Å²) in [6.07, 6.45) is 1.58. The Kier molecular flexibility index (Phi) is 3.48. The fourth-order valence-electron chi connectivity index (χ4n) is 2.53. The lowest BCUT2D eigenvalue weighted by atomic mass is 10.1. The Labute approximate surface area is 125 Å². The van der Waals surface area contributed by atoms with Crippen LogP contribution in [-0.2, 0) is 9.84 Å². The zero-order chi connectivity index (χ0) is 15.9. The van der Waals surface area contributed by atoms with E-state index < -0.39 is 33.0 Å². The first-order valence-corrected chi connectivity index (χ1v) is 8.50. The molecule has 22 heavy (non-hydrogen) atoms. The number of carbonyl (C=O) groups is 1. The third-order valence-corrected chi connectivity index (χ3v) is 5.42. The number of carbonyl (C=O) groups excluding carboxylic acids is 1. The molecule has 8 heteroatoms. The number of H-pyrrole nitrogens is 1. The minimum absolute atomic E-state index is 0.0250. The maximum Gasteiger partial charge on any atom is 0.257 e. The number of benzene rings is 1. The highest BCUT2D eigenvalue weighted by Crippen LogP contribution is 2.13. The second-order valence-corrected chi connectivity index (χ2v) is 7.52. The van der Waals surface area contributed by atoms with Gasteiger partial charge in [0.05, 0.1) is 11.5 Å². The average Bonchev–Trinajstić information content (AvgIpc) is 2.79. The quantitative estimate of drug-likeness (QED) is 0.845. The van der Waals surface area contributed by atoms with Gasteiger partial charge in [0, 0.05) is 23.1 Å². The normalized spacial score (nSPS) is 20.1. The van der Waals surface area contributed by atoms with Gasteiger partial charge in [-0.3, -0.25) is 9.59 Å². The van der Waals surface area contributed by atoms with Crippen LogP contribution in [0.1, 0.15) is 16.8 Å². The second-order valence-electron chi connectivity index (χ2n) is 5.29. The molecule has 0 bridgehead atoms. The van der Waals surface area contributed by atoms with Gasteiger partial charge in [0.15, 0.2) is 9.84 Å². The van der Waals surface area contributed by atoms with Crippen LogP contribution in [0.4, 0.5) is 4.39 Å². The summed E-state index contributed by atoms with van der Waals surface area (Å²) in [5, 5.41) is 2.61. The third kappa shape index (κ3) is 2.74. The predicted molar refractivity (Wildman–Crippen MR) is 79.1 cm³/mol. The molecule has 0 spiro atoms. The van der Waals surface area contributed by atoms with E-state index in [-0.39, 0.29) is 22.5 Å². The van der Waals surface area contributed by atoms with Gasteiger partial charge in [0.2, 0.25) is 5.43 Å². The van der Waals surface area contributed by atoms with E-state index in [0.717, 1.165) is 6.07 Å². The van der Waals surface area contributed by atoms with Gasteiger partial charge in [-0.25, -0.2) is 12.8 Å². The number of fused-ring (bicyclic) bond motifs is 1. The molecule has 1 amide bonds. The summed E-state index contributed by atoms with van der Waals surface area (Å²) in [7, 11) is -3.12. The fourth-order valence-corrected chi connectivity index (χ4v) is 4.20. The molecule has 2 aromatic rings. The van der Waals surface area contributed by atoms with Crippen molar-refractivity contribution in [2.75, 3.05) is 11.5 Å². The smallest absolute Gasteiger partial charge is 0.257 e. The topological polar surface area (TPSA) is 96.1 Å². The van der Waals surface area contributed by atoms with Crippen molar-refractivity contribution in [2.45, 2.75) is 12.5 Å². The molecule has 2 N–H and O–H groups in total. The molecule has 2 heterocycles. The second kappa shape index (κ2) is 5.20. The van der Waals surface area contributed by atoms with Gasteiger partial charge in [0.1, 0.15) is 11.4 Å². The Morgan fingerprint density at radius 2 is 2.14 bits per heavy atom. The van der Waals surface area contributed by atoms with Gasteiger partial charge >= 0.3 is 0 Å². The van der Waals surface area contributed by atoms with Crippen molar-refractivity contribution < 1.29 is 17.6 Å². The first-order chi connectivity index (χ1) is 10.4. The van der Waals surface area contributed by atoms with Gasteiger partial charge in [-0.05, 0) is 24.6 Å². The van der Waals surface area contributed by atoms with E-state index in [9.17, 15) is 22.4 Å². The number of pyridine rings is 1. The number of sulfone groups is 1. The minimum Gasteiger partial charge on any atom is -0.360 e. The molecule has 0 saturated carbocycles. The molecule has 1 aromatic carbocycles. The first kappa shape index (κ1) is 14.7. The Morgan fingerprint density at radius 1 is 1.36 bits per heavy atom. The van der Waals surface area contributed by atoms with E-state index in [1.807, 2.05) is 0 Å². The maximum atomic E-state index is 13.2. The Bertz CT molecular complexity index is 920. The third-order valence-electron chi connectivity index (χ3n) is 3.66. The van der Waals surface area contributed by atoms with E-state index in [4.69, 9.17) is 0 Å². The first-order valence-electron chi connectivity index (χ1n) is 6.68. The van der Waals surface area contributed by atoms with E-state index in [0.29, 0.717) is 11.9 Å². The number of nitrogens with one attached hydrogen (secondary N) is 2. The number of rotatable bonds is 2. The molecule has 6 nitrogen and oxygen atoms in total. The summed E-state index contributed by atoms with van der Waals surface area (Å²) in [5.41, 5.74) is -0.333. The Morgan fingerprint density at radius 3 is 2.82 bits per heavy atom. The highest BCUT2D eigenvalue weighted by molar-refractivity contribution is 7.91. The van der Waals surface area contributed by atoms with Crippen LogP contribution in [0.15, 0.2) is 29.2 Å². The molecule has 1 atom stereocenters. The van der Waals surface area contributed by atoms with Gasteiger partial charge in [0.25, 0.3) is 5.91 Å². The van der Waals surface area contributed by atoms with Crippen LogP contribution in [0, 0.1) is 5.82 Å². The van der Waals surface area contributed by atoms with Gasteiger partial charge in [-0.15, -0.1) is 0 Å². The molecule has 0 aliphatic carbocycles. The maximum absolute atomic E-state index is 13.2. The van der Waals surface area contributed by atoms with E-state index >= 15 is 0 Å². The van der Waals surface area contributed by atoms with E-state index in [1.165, 1.54) is 18.3 Å². The molecule has 1 aliphatic rings. The monoisotopic (exact) mass is 324 g/mol. The number of aromatic amines is 1. The number of hydrogen-bond acceptors (Lipinski definition) is 4. The summed E-state index contributed by atoms with van der Waals surface area (Å²) in [5.74, 6) is -1.33. The molecular weight excluding hydrogens is 311 g/mol. The fraction of sp³-hybridized carbons (Fsp3) is 0.286. The highest BCUT2D eigenvalue weighted by atomic mass is 32.2. The number of halogens is 1. The van der Waals surface area contributed by atoms with Gasteiger partial charge in [-0.2, -0.15) is 0 Å².